The molecular weight excluding hydrogens is 450 g/mol. The van der Waals surface area contributed by atoms with E-state index in [-0.39, 0.29) is 11.3 Å². The second kappa shape index (κ2) is 10.6. The van der Waals surface area contributed by atoms with Crippen molar-refractivity contribution in [1.82, 2.24) is 0 Å². The van der Waals surface area contributed by atoms with Crippen LogP contribution in [0.5, 0.6) is 17.2 Å². The van der Waals surface area contributed by atoms with Gasteiger partial charge in [0.1, 0.15) is 16.3 Å². The predicted octanol–water partition coefficient (Wildman–Crippen LogP) is 3.48. The first-order chi connectivity index (χ1) is 15.8. The lowest BCUT2D eigenvalue weighted by Gasteiger charge is -2.18. The fourth-order valence-electron chi connectivity index (χ4n) is 3.72. The van der Waals surface area contributed by atoms with Gasteiger partial charge in [0, 0.05) is 17.0 Å². The molecule has 1 aliphatic carbocycles. The second-order valence-electron chi connectivity index (χ2n) is 7.58. The SMILES string of the molecule is COC(=O)c1c(NC(=O)COC(=O)c2cc(OC)c(OC)cc2OC)sc2c1CCC(C)C2. The number of carbonyl (C=O) groups is 3. The van der Waals surface area contributed by atoms with Crippen LogP contribution in [0.25, 0.3) is 0 Å². The Balaban J connectivity index is 1.74. The maximum atomic E-state index is 12.6. The normalized spacial score (nSPS) is 14.6. The third-order valence-electron chi connectivity index (χ3n) is 5.41. The van der Waals surface area contributed by atoms with Gasteiger partial charge in [0.05, 0.1) is 34.0 Å². The van der Waals surface area contributed by atoms with Crippen molar-refractivity contribution in [2.24, 2.45) is 5.92 Å². The van der Waals surface area contributed by atoms with Gasteiger partial charge in [0.2, 0.25) is 0 Å². The zero-order valence-corrected chi connectivity index (χ0v) is 20.1. The van der Waals surface area contributed by atoms with E-state index >= 15 is 0 Å². The first-order valence-corrected chi connectivity index (χ1v) is 11.1. The summed E-state index contributed by atoms with van der Waals surface area (Å²) >= 11 is 1.36. The second-order valence-corrected chi connectivity index (χ2v) is 8.68. The highest BCUT2D eigenvalue weighted by atomic mass is 32.1. The van der Waals surface area contributed by atoms with Crippen LogP contribution in [-0.2, 0) is 27.1 Å². The van der Waals surface area contributed by atoms with Gasteiger partial charge < -0.3 is 29.0 Å². The van der Waals surface area contributed by atoms with Crippen molar-refractivity contribution in [2.75, 3.05) is 40.4 Å². The van der Waals surface area contributed by atoms with Crippen molar-refractivity contribution >= 4 is 34.2 Å². The number of fused-ring (bicyclic) bond motifs is 1. The van der Waals surface area contributed by atoms with Crippen molar-refractivity contribution in [1.29, 1.82) is 0 Å². The number of thiophene rings is 1. The summed E-state index contributed by atoms with van der Waals surface area (Å²) in [6.07, 6.45) is 2.56. The van der Waals surface area contributed by atoms with Gasteiger partial charge in [-0.3, -0.25) is 4.79 Å². The lowest BCUT2D eigenvalue weighted by atomic mass is 9.88. The first-order valence-electron chi connectivity index (χ1n) is 10.3. The van der Waals surface area contributed by atoms with Crippen LogP contribution in [0.4, 0.5) is 5.00 Å². The van der Waals surface area contributed by atoms with Crippen LogP contribution in [0.1, 0.15) is 44.5 Å². The van der Waals surface area contributed by atoms with E-state index in [4.69, 9.17) is 23.7 Å². The van der Waals surface area contributed by atoms with Gasteiger partial charge in [0.25, 0.3) is 5.91 Å². The van der Waals surface area contributed by atoms with Crippen LogP contribution in [-0.4, -0.2) is 52.9 Å². The number of benzene rings is 1. The van der Waals surface area contributed by atoms with Crippen molar-refractivity contribution in [3.8, 4) is 17.2 Å². The summed E-state index contributed by atoms with van der Waals surface area (Å²) in [7, 11) is 5.61. The van der Waals surface area contributed by atoms with E-state index in [1.165, 1.54) is 51.9 Å². The maximum Gasteiger partial charge on any atom is 0.342 e. The molecule has 0 bridgehead atoms. The maximum absolute atomic E-state index is 12.6. The molecular formula is C23H27NO8S. The number of methoxy groups -OCH3 is 4. The largest absolute Gasteiger partial charge is 0.496 e. The summed E-state index contributed by atoms with van der Waals surface area (Å²) in [6, 6.07) is 2.91. The molecule has 178 valence electrons. The molecule has 0 aliphatic heterocycles. The molecule has 0 radical (unpaired) electrons. The Morgan fingerprint density at radius 2 is 1.67 bits per heavy atom. The molecule has 1 aliphatic rings. The Labute approximate surface area is 195 Å². The van der Waals surface area contributed by atoms with E-state index in [1.807, 2.05) is 0 Å². The molecule has 2 aromatic rings. The Morgan fingerprint density at radius 1 is 1.00 bits per heavy atom. The van der Waals surface area contributed by atoms with E-state index in [0.29, 0.717) is 28.0 Å². The van der Waals surface area contributed by atoms with Crippen LogP contribution < -0.4 is 19.5 Å². The molecule has 3 rings (SSSR count). The molecule has 9 nitrogen and oxygen atoms in total. The number of carbonyl (C=O) groups excluding carboxylic acids is 3. The van der Waals surface area contributed by atoms with E-state index in [0.717, 1.165) is 29.7 Å². The molecule has 1 amide bonds. The average molecular weight is 478 g/mol. The van der Waals surface area contributed by atoms with Gasteiger partial charge in [-0.05, 0) is 30.7 Å². The molecule has 33 heavy (non-hydrogen) atoms. The average Bonchev–Trinajstić information content (AvgIpc) is 3.17. The molecule has 1 unspecified atom stereocenters. The number of ether oxygens (including phenoxy) is 5. The molecule has 10 heteroatoms. The smallest absolute Gasteiger partial charge is 0.342 e. The van der Waals surface area contributed by atoms with E-state index in [2.05, 4.69) is 12.2 Å². The zero-order valence-electron chi connectivity index (χ0n) is 19.2. The van der Waals surface area contributed by atoms with Crippen molar-refractivity contribution in [3.63, 3.8) is 0 Å². The highest BCUT2D eigenvalue weighted by Crippen LogP contribution is 2.40. The zero-order chi connectivity index (χ0) is 24.1. The number of hydrogen-bond acceptors (Lipinski definition) is 9. The molecule has 1 N–H and O–H groups in total. The number of nitrogens with one attached hydrogen (secondary N) is 1. The lowest BCUT2D eigenvalue weighted by molar-refractivity contribution is -0.119. The topological polar surface area (TPSA) is 109 Å². The van der Waals surface area contributed by atoms with E-state index in [9.17, 15) is 14.4 Å². The van der Waals surface area contributed by atoms with Crippen LogP contribution >= 0.6 is 11.3 Å². The van der Waals surface area contributed by atoms with Gasteiger partial charge in [0.15, 0.2) is 18.1 Å². The summed E-state index contributed by atoms with van der Waals surface area (Å²) in [5, 5.41) is 3.11. The Hall–Kier alpha value is -3.27. The molecule has 0 fully saturated rings. The summed E-state index contributed by atoms with van der Waals surface area (Å²) in [4.78, 5) is 38.6. The van der Waals surface area contributed by atoms with Crippen LogP contribution in [0.3, 0.4) is 0 Å². The monoisotopic (exact) mass is 477 g/mol. The fourth-order valence-corrected chi connectivity index (χ4v) is 5.13. The van der Waals surface area contributed by atoms with Crippen LogP contribution in [0, 0.1) is 5.92 Å². The number of esters is 2. The minimum Gasteiger partial charge on any atom is -0.496 e. The standard InChI is InChI=1S/C23H27NO8S/c1-12-6-7-13-18(8-12)33-21(20(13)23(27)31-5)24-19(25)11-32-22(26)14-9-16(29-3)17(30-4)10-15(14)28-2/h9-10,12H,6-8,11H2,1-5H3,(H,24,25). The molecule has 0 spiro atoms. The third-order valence-corrected chi connectivity index (χ3v) is 6.58. The summed E-state index contributed by atoms with van der Waals surface area (Å²) in [5.41, 5.74) is 1.39. The quantitative estimate of drug-likeness (QED) is 0.576. The van der Waals surface area contributed by atoms with Crippen molar-refractivity contribution in [2.45, 2.75) is 26.2 Å². The Bertz CT molecular complexity index is 1060. The molecule has 0 saturated carbocycles. The molecule has 0 saturated heterocycles. The summed E-state index contributed by atoms with van der Waals surface area (Å²) in [6.45, 7) is 1.61. The van der Waals surface area contributed by atoms with Crippen LogP contribution in [0.15, 0.2) is 12.1 Å². The summed E-state index contributed by atoms with van der Waals surface area (Å²) in [5.74, 6) is -0.418. The van der Waals surface area contributed by atoms with E-state index in [1.54, 1.807) is 0 Å². The highest BCUT2D eigenvalue weighted by Gasteiger charge is 2.29. The summed E-state index contributed by atoms with van der Waals surface area (Å²) < 4.78 is 25.8. The Kier molecular flexibility index (Phi) is 7.80. The third kappa shape index (κ3) is 5.22. The lowest BCUT2D eigenvalue weighted by Crippen LogP contribution is -2.22. The number of amides is 1. The van der Waals surface area contributed by atoms with Crippen LogP contribution in [0.2, 0.25) is 0 Å². The molecule has 1 aromatic heterocycles. The predicted molar refractivity (Wildman–Crippen MR) is 122 cm³/mol. The van der Waals surface area contributed by atoms with Crippen molar-refractivity contribution in [3.05, 3.63) is 33.7 Å². The van der Waals surface area contributed by atoms with Gasteiger partial charge in [-0.2, -0.15) is 0 Å². The molecule has 1 atom stereocenters. The van der Waals surface area contributed by atoms with Gasteiger partial charge in [-0.15, -0.1) is 11.3 Å². The first kappa shape index (κ1) is 24.4. The number of hydrogen-bond donors (Lipinski definition) is 1. The highest BCUT2D eigenvalue weighted by molar-refractivity contribution is 7.17. The minimum absolute atomic E-state index is 0.0822. The number of rotatable bonds is 8. The molecule has 1 heterocycles. The fraction of sp³-hybridized carbons (Fsp3) is 0.435. The van der Waals surface area contributed by atoms with Crippen molar-refractivity contribution < 1.29 is 38.1 Å². The van der Waals surface area contributed by atoms with Gasteiger partial charge in [-0.25, -0.2) is 9.59 Å². The number of anilines is 1. The van der Waals surface area contributed by atoms with Gasteiger partial charge >= 0.3 is 11.9 Å². The Morgan fingerprint density at radius 3 is 2.30 bits per heavy atom. The van der Waals surface area contributed by atoms with E-state index < -0.39 is 24.5 Å². The minimum atomic E-state index is -0.768. The van der Waals surface area contributed by atoms with Gasteiger partial charge in [-0.1, -0.05) is 6.92 Å². The molecule has 1 aromatic carbocycles.